The van der Waals surface area contributed by atoms with Gasteiger partial charge in [-0.2, -0.15) is 0 Å². The molecule has 0 radical (unpaired) electrons. The lowest BCUT2D eigenvalue weighted by atomic mass is 10.1. The number of hydrogen-bond donors (Lipinski definition) is 1. The van der Waals surface area contributed by atoms with Gasteiger partial charge in [-0.3, -0.25) is 13.9 Å². The summed E-state index contributed by atoms with van der Waals surface area (Å²) in [5, 5.41) is 3.79. The van der Waals surface area contributed by atoms with Crippen LogP contribution < -0.4 is 14.4 Å². The van der Waals surface area contributed by atoms with Gasteiger partial charge < -0.3 is 15.0 Å². The van der Waals surface area contributed by atoms with Crippen LogP contribution in [-0.4, -0.2) is 51.4 Å². The lowest BCUT2D eigenvalue weighted by Gasteiger charge is -2.33. The molecule has 0 aromatic heterocycles. The molecule has 43 heavy (non-hydrogen) atoms. The van der Waals surface area contributed by atoms with Crippen molar-refractivity contribution in [1.29, 1.82) is 0 Å². The fourth-order valence-corrected chi connectivity index (χ4v) is 6.37. The third kappa shape index (κ3) is 8.79. The summed E-state index contributed by atoms with van der Waals surface area (Å²) >= 11 is 18.7. The molecule has 8 nitrogen and oxygen atoms in total. The van der Waals surface area contributed by atoms with E-state index in [-0.39, 0.29) is 40.2 Å². The van der Waals surface area contributed by atoms with Gasteiger partial charge >= 0.3 is 0 Å². The quantitative estimate of drug-likeness (QED) is 0.189. The van der Waals surface area contributed by atoms with Crippen molar-refractivity contribution in [3.05, 3.63) is 86.9 Å². The minimum atomic E-state index is -4.30. The maximum Gasteiger partial charge on any atom is 0.264 e. The molecule has 0 unspecified atom stereocenters. The third-order valence-electron chi connectivity index (χ3n) is 6.85. The first-order chi connectivity index (χ1) is 20.4. The number of hydrogen-bond acceptors (Lipinski definition) is 5. The summed E-state index contributed by atoms with van der Waals surface area (Å²) < 4.78 is 34.7. The molecule has 0 saturated heterocycles. The number of nitrogens with zero attached hydrogens (tertiary/aromatic N) is 2. The van der Waals surface area contributed by atoms with E-state index in [2.05, 4.69) is 5.32 Å². The molecule has 0 fully saturated rings. The van der Waals surface area contributed by atoms with Gasteiger partial charge in [-0.1, -0.05) is 78.8 Å². The predicted octanol–water partition coefficient (Wildman–Crippen LogP) is 6.88. The van der Waals surface area contributed by atoms with Crippen LogP contribution in [0.3, 0.4) is 0 Å². The van der Waals surface area contributed by atoms with E-state index in [1.807, 2.05) is 13.8 Å². The second-order valence-electron chi connectivity index (χ2n) is 9.98. The molecule has 0 heterocycles. The number of carbonyl (C=O) groups is 2. The second kappa shape index (κ2) is 15.7. The zero-order chi connectivity index (χ0) is 31.7. The molecule has 1 atom stereocenters. The van der Waals surface area contributed by atoms with Crippen LogP contribution in [0.4, 0.5) is 5.69 Å². The number of unbranched alkanes of at least 4 members (excludes halogenated alkanes) is 1. The van der Waals surface area contributed by atoms with Gasteiger partial charge in [0.1, 0.15) is 18.3 Å². The summed E-state index contributed by atoms with van der Waals surface area (Å²) in [7, 11) is -2.90. The Labute approximate surface area is 268 Å². The van der Waals surface area contributed by atoms with E-state index in [0.717, 1.165) is 22.7 Å². The Kier molecular flexibility index (Phi) is 12.6. The van der Waals surface area contributed by atoms with E-state index in [4.69, 9.17) is 39.5 Å². The summed E-state index contributed by atoms with van der Waals surface area (Å²) in [6.45, 7) is 5.45. The fourth-order valence-electron chi connectivity index (χ4n) is 4.47. The standard InChI is InChI=1S/C31H36Cl3N3O5S/c1-5-7-16-35-31(39)27(6-2)36(19-22-10-14-25(33)26(34)17-22)30(38)20-37(28-18-23(32)11-15-29(28)42-4)43(40,41)24-12-8-21(3)9-13-24/h8-15,17-18,27H,5-7,16,19-20H2,1-4H3,(H,35,39)/t27-/m1/s1. The molecular formula is C31H36Cl3N3O5S. The van der Waals surface area contributed by atoms with Gasteiger partial charge in [0.05, 0.1) is 27.7 Å². The largest absolute Gasteiger partial charge is 0.495 e. The van der Waals surface area contributed by atoms with Crippen molar-refractivity contribution < 1.29 is 22.7 Å². The summed E-state index contributed by atoms with van der Waals surface area (Å²) in [5.74, 6) is -0.743. The normalized spacial score (nSPS) is 12.0. The minimum absolute atomic E-state index is 0.0134. The van der Waals surface area contributed by atoms with Crippen LogP contribution in [0.2, 0.25) is 15.1 Å². The Morgan fingerprint density at radius 2 is 1.65 bits per heavy atom. The zero-order valence-electron chi connectivity index (χ0n) is 24.6. The Morgan fingerprint density at radius 3 is 2.26 bits per heavy atom. The van der Waals surface area contributed by atoms with Crippen molar-refractivity contribution in [2.24, 2.45) is 0 Å². The number of halogens is 3. The molecule has 2 amide bonds. The van der Waals surface area contributed by atoms with Crippen LogP contribution in [-0.2, 0) is 26.2 Å². The van der Waals surface area contributed by atoms with Gasteiger partial charge in [0.15, 0.2) is 0 Å². The number of carbonyl (C=O) groups excluding carboxylic acids is 2. The van der Waals surface area contributed by atoms with Crippen LogP contribution in [0.5, 0.6) is 5.75 Å². The molecule has 232 valence electrons. The van der Waals surface area contributed by atoms with Crippen LogP contribution in [0.1, 0.15) is 44.2 Å². The number of methoxy groups -OCH3 is 1. The van der Waals surface area contributed by atoms with E-state index in [0.29, 0.717) is 22.2 Å². The van der Waals surface area contributed by atoms with E-state index in [1.165, 1.54) is 36.3 Å². The zero-order valence-corrected chi connectivity index (χ0v) is 27.7. The topological polar surface area (TPSA) is 96.0 Å². The smallest absolute Gasteiger partial charge is 0.264 e. The van der Waals surface area contributed by atoms with Crippen molar-refractivity contribution in [3.63, 3.8) is 0 Å². The Balaban J connectivity index is 2.12. The fraction of sp³-hybridized carbons (Fsp3) is 0.355. The second-order valence-corrected chi connectivity index (χ2v) is 13.1. The summed E-state index contributed by atoms with van der Waals surface area (Å²) in [4.78, 5) is 28.9. The maximum atomic E-state index is 14.2. The molecular weight excluding hydrogens is 633 g/mol. The van der Waals surface area contributed by atoms with E-state index in [1.54, 1.807) is 43.3 Å². The molecule has 3 aromatic carbocycles. The highest BCUT2D eigenvalue weighted by Gasteiger charge is 2.35. The van der Waals surface area contributed by atoms with E-state index < -0.39 is 28.5 Å². The molecule has 3 aromatic rings. The number of nitrogens with one attached hydrogen (secondary N) is 1. The molecule has 0 spiro atoms. The van der Waals surface area contributed by atoms with Crippen LogP contribution in [0, 0.1) is 6.92 Å². The number of ether oxygens (including phenoxy) is 1. The average Bonchev–Trinajstić information content (AvgIpc) is 2.97. The molecule has 1 N–H and O–H groups in total. The van der Waals surface area contributed by atoms with Gasteiger partial charge in [0, 0.05) is 18.1 Å². The van der Waals surface area contributed by atoms with Crippen LogP contribution in [0.15, 0.2) is 65.6 Å². The third-order valence-corrected chi connectivity index (χ3v) is 9.60. The SMILES string of the molecule is CCCCNC(=O)[C@@H](CC)N(Cc1ccc(Cl)c(Cl)c1)C(=O)CN(c1cc(Cl)ccc1OC)S(=O)(=O)c1ccc(C)cc1. The van der Waals surface area contributed by atoms with Gasteiger partial charge in [0.25, 0.3) is 10.0 Å². The number of amides is 2. The highest BCUT2D eigenvalue weighted by molar-refractivity contribution is 7.92. The molecule has 0 bridgehead atoms. The van der Waals surface area contributed by atoms with Crippen molar-refractivity contribution in [3.8, 4) is 5.75 Å². The Morgan fingerprint density at radius 1 is 0.953 bits per heavy atom. The summed E-state index contributed by atoms with van der Waals surface area (Å²) in [6, 6.07) is 14.9. The number of anilines is 1. The molecule has 12 heteroatoms. The van der Waals surface area contributed by atoms with E-state index >= 15 is 0 Å². The van der Waals surface area contributed by atoms with Crippen molar-refractivity contribution in [1.82, 2.24) is 10.2 Å². The molecule has 0 aliphatic rings. The lowest BCUT2D eigenvalue weighted by molar-refractivity contribution is -0.140. The number of benzene rings is 3. The monoisotopic (exact) mass is 667 g/mol. The summed E-state index contributed by atoms with van der Waals surface area (Å²) in [6.07, 6.45) is 1.95. The van der Waals surface area contributed by atoms with Crippen molar-refractivity contribution in [2.45, 2.75) is 57.5 Å². The van der Waals surface area contributed by atoms with Crippen molar-refractivity contribution in [2.75, 3.05) is 24.5 Å². The average molecular weight is 669 g/mol. The molecule has 0 aliphatic heterocycles. The van der Waals surface area contributed by atoms with Gasteiger partial charge in [0.2, 0.25) is 11.8 Å². The Bertz CT molecular complexity index is 1530. The maximum absolute atomic E-state index is 14.2. The predicted molar refractivity (Wildman–Crippen MR) is 173 cm³/mol. The van der Waals surface area contributed by atoms with Gasteiger partial charge in [-0.15, -0.1) is 0 Å². The molecule has 3 rings (SSSR count). The summed E-state index contributed by atoms with van der Waals surface area (Å²) in [5.41, 5.74) is 1.57. The van der Waals surface area contributed by atoms with Crippen LogP contribution in [0.25, 0.3) is 0 Å². The minimum Gasteiger partial charge on any atom is -0.495 e. The molecule has 0 saturated carbocycles. The first-order valence-corrected chi connectivity index (χ1v) is 16.4. The Hall–Kier alpha value is -2.98. The van der Waals surface area contributed by atoms with Gasteiger partial charge in [-0.05, 0) is 67.8 Å². The number of rotatable bonds is 14. The van der Waals surface area contributed by atoms with Gasteiger partial charge in [-0.25, -0.2) is 8.42 Å². The number of aryl methyl sites for hydroxylation is 1. The van der Waals surface area contributed by atoms with Crippen molar-refractivity contribution >= 4 is 62.3 Å². The lowest BCUT2D eigenvalue weighted by Crippen LogP contribution is -2.52. The highest BCUT2D eigenvalue weighted by Crippen LogP contribution is 2.35. The highest BCUT2D eigenvalue weighted by atomic mass is 35.5. The van der Waals surface area contributed by atoms with Crippen LogP contribution >= 0.6 is 34.8 Å². The van der Waals surface area contributed by atoms with E-state index in [9.17, 15) is 18.0 Å². The first kappa shape index (κ1) is 34.5. The number of sulfonamides is 1. The molecule has 0 aliphatic carbocycles. The first-order valence-electron chi connectivity index (χ1n) is 13.9.